The summed E-state index contributed by atoms with van der Waals surface area (Å²) in [4.78, 5) is 14.9. The van der Waals surface area contributed by atoms with Gasteiger partial charge < -0.3 is 16.0 Å². The number of carbonyl (C=O) groups excluding carboxylic acids is 1. The third-order valence-electron chi connectivity index (χ3n) is 2.73. The Bertz CT molecular complexity index is 716. The number of H-pyrrole nitrogens is 2. The van der Waals surface area contributed by atoms with Crippen LogP contribution in [0.2, 0.25) is 0 Å². The molecular formula is C11H11N7O. The first-order valence-corrected chi connectivity index (χ1v) is 5.62. The molecule has 2 heterocycles. The molecule has 0 unspecified atom stereocenters. The van der Waals surface area contributed by atoms with Crippen LogP contribution in [0.3, 0.4) is 0 Å². The van der Waals surface area contributed by atoms with Gasteiger partial charge in [0.2, 0.25) is 0 Å². The summed E-state index contributed by atoms with van der Waals surface area (Å²) >= 11 is 0. The van der Waals surface area contributed by atoms with Crippen molar-refractivity contribution < 1.29 is 4.79 Å². The Hall–Kier alpha value is -2.90. The fraction of sp³-hybridized carbons (Fsp3) is 0.0909. The Kier molecular flexibility index (Phi) is 2.60. The summed E-state index contributed by atoms with van der Waals surface area (Å²) in [6.07, 6.45) is 0. The molecule has 8 heteroatoms. The SMILES string of the molecule is Nc1cccc2cc(C(=O)NCc3nn[nH]n3)[nH]c12. The van der Waals surface area contributed by atoms with E-state index in [2.05, 4.69) is 30.9 Å². The first kappa shape index (κ1) is 11.2. The van der Waals surface area contributed by atoms with Gasteiger partial charge in [0.1, 0.15) is 5.69 Å². The smallest absolute Gasteiger partial charge is 0.268 e. The van der Waals surface area contributed by atoms with E-state index in [1.54, 1.807) is 12.1 Å². The van der Waals surface area contributed by atoms with E-state index in [0.29, 0.717) is 17.2 Å². The molecule has 3 aromatic rings. The minimum absolute atomic E-state index is 0.209. The van der Waals surface area contributed by atoms with Crippen LogP contribution in [0.4, 0.5) is 5.69 Å². The molecule has 0 bridgehead atoms. The molecule has 0 fully saturated rings. The lowest BCUT2D eigenvalue weighted by molar-refractivity contribution is 0.0946. The Labute approximate surface area is 107 Å². The summed E-state index contributed by atoms with van der Waals surface area (Å²) in [5.41, 5.74) is 7.63. The van der Waals surface area contributed by atoms with Gasteiger partial charge in [0, 0.05) is 5.39 Å². The molecule has 2 aromatic heterocycles. The number of aromatic amines is 2. The van der Waals surface area contributed by atoms with Crippen LogP contribution in [-0.2, 0) is 6.54 Å². The highest BCUT2D eigenvalue weighted by Crippen LogP contribution is 2.20. The fourth-order valence-electron chi connectivity index (χ4n) is 1.81. The number of nitrogens with one attached hydrogen (secondary N) is 3. The van der Waals surface area contributed by atoms with Gasteiger partial charge in [0.05, 0.1) is 17.7 Å². The third kappa shape index (κ3) is 2.10. The van der Waals surface area contributed by atoms with Crippen molar-refractivity contribution in [3.8, 4) is 0 Å². The number of hydrogen-bond donors (Lipinski definition) is 4. The first-order valence-electron chi connectivity index (χ1n) is 5.62. The van der Waals surface area contributed by atoms with Gasteiger partial charge in [-0.05, 0) is 12.1 Å². The van der Waals surface area contributed by atoms with E-state index in [4.69, 9.17) is 5.73 Å². The summed E-state index contributed by atoms with van der Waals surface area (Å²) in [5, 5.41) is 16.8. The normalized spacial score (nSPS) is 10.7. The molecule has 0 saturated heterocycles. The number of nitrogens with zero attached hydrogens (tertiary/aromatic N) is 3. The summed E-state index contributed by atoms with van der Waals surface area (Å²) in [7, 11) is 0. The van der Waals surface area contributed by atoms with E-state index >= 15 is 0 Å². The van der Waals surface area contributed by atoms with E-state index in [1.165, 1.54) is 0 Å². The second-order valence-electron chi connectivity index (χ2n) is 4.01. The zero-order valence-electron chi connectivity index (χ0n) is 9.84. The number of aromatic nitrogens is 5. The predicted molar refractivity (Wildman–Crippen MR) is 68.1 cm³/mol. The topological polar surface area (TPSA) is 125 Å². The number of nitrogens with two attached hydrogens (primary N) is 1. The van der Waals surface area contributed by atoms with E-state index in [0.717, 1.165) is 10.9 Å². The van der Waals surface area contributed by atoms with Crippen LogP contribution < -0.4 is 11.1 Å². The van der Waals surface area contributed by atoms with E-state index in [9.17, 15) is 4.79 Å². The highest BCUT2D eigenvalue weighted by atomic mass is 16.1. The minimum Gasteiger partial charge on any atom is -0.397 e. The van der Waals surface area contributed by atoms with Crippen molar-refractivity contribution in [1.82, 2.24) is 30.9 Å². The largest absolute Gasteiger partial charge is 0.397 e. The minimum atomic E-state index is -0.250. The molecule has 0 radical (unpaired) electrons. The lowest BCUT2D eigenvalue weighted by Crippen LogP contribution is -2.23. The number of fused-ring (bicyclic) bond motifs is 1. The molecule has 0 spiro atoms. The van der Waals surface area contributed by atoms with Crippen molar-refractivity contribution in [2.45, 2.75) is 6.54 Å². The van der Waals surface area contributed by atoms with Crippen LogP contribution in [0.15, 0.2) is 24.3 Å². The molecule has 3 rings (SSSR count). The zero-order valence-corrected chi connectivity index (χ0v) is 9.84. The van der Waals surface area contributed by atoms with Gasteiger partial charge >= 0.3 is 0 Å². The number of carbonyl (C=O) groups is 1. The van der Waals surface area contributed by atoms with Crippen LogP contribution in [-0.4, -0.2) is 31.5 Å². The molecule has 0 saturated carbocycles. The molecule has 0 aliphatic rings. The lowest BCUT2D eigenvalue weighted by atomic mass is 10.2. The number of rotatable bonds is 3. The monoisotopic (exact) mass is 257 g/mol. The number of anilines is 1. The van der Waals surface area contributed by atoms with Crippen LogP contribution in [0, 0.1) is 0 Å². The van der Waals surface area contributed by atoms with Gasteiger partial charge in [0.15, 0.2) is 5.82 Å². The van der Waals surface area contributed by atoms with Crippen molar-refractivity contribution >= 4 is 22.5 Å². The lowest BCUT2D eigenvalue weighted by Gasteiger charge is -1.99. The molecule has 5 N–H and O–H groups in total. The average molecular weight is 257 g/mol. The van der Waals surface area contributed by atoms with E-state index in [1.807, 2.05) is 12.1 Å². The van der Waals surface area contributed by atoms with Crippen molar-refractivity contribution in [3.63, 3.8) is 0 Å². The van der Waals surface area contributed by atoms with Crippen LogP contribution in [0.25, 0.3) is 10.9 Å². The number of benzene rings is 1. The highest BCUT2D eigenvalue weighted by Gasteiger charge is 2.11. The van der Waals surface area contributed by atoms with Gasteiger partial charge in [-0.2, -0.15) is 5.21 Å². The first-order chi connectivity index (χ1) is 9.24. The van der Waals surface area contributed by atoms with Gasteiger partial charge in [0.25, 0.3) is 5.91 Å². The summed E-state index contributed by atoms with van der Waals surface area (Å²) < 4.78 is 0. The van der Waals surface area contributed by atoms with Gasteiger partial charge in [-0.3, -0.25) is 4.79 Å². The fourth-order valence-corrected chi connectivity index (χ4v) is 1.81. The van der Waals surface area contributed by atoms with Gasteiger partial charge in [-0.1, -0.05) is 17.3 Å². The number of amides is 1. The molecule has 1 amide bonds. The van der Waals surface area contributed by atoms with Crippen molar-refractivity contribution in [2.24, 2.45) is 0 Å². The van der Waals surface area contributed by atoms with Crippen LogP contribution >= 0.6 is 0 Å². The second-order valence-corrected chi connectivity index (χ2v) is 4.01. The number of nitrogen functional groups attached to an aromatic ring is 1. The predicted octanol–water partition coefficient (Wildman–Crippen LogP) is 0.193. The zero-order chi connectivity index (χ0) is 13.2. The average Bonchev–Trinajstić information content (AvgIpc) is 3.05. The molecular weight excluding hydrogens is 246 g/mol. The maximum absolute atomic E-state index is 12.0. The van der Waals surface area contributed by atoms with Gasteiger partial charge in [-0.25, -0.2) is 0 Å². The molecule has 8 nitrogen and oxygen atoms in total. The Morgan fingerprint density at radius 2 is 2.32 bits per heavy atom. The number of para-hydroxylation sites is 1. The maximum atomic E-state index is 12.0. The summed E-state index contributed by atoms with van der Waals surface area (Å²) in [6.45, 7) is 0.209. The van der Waals surface area contributed by atoms with E-state index in [-0.39, 0.29) is 12.5 Å². The summed E-state index contributed by atoms with van der Waals surface area (Å²) in [6, 6.07) is 7.25. The molecule has 0 aliphatic carbocycles. The maximum Gasteiger partial charge on any atom is 0.268 e. The van der Waals surface area contributed by atoms with Crippen molar-refractivity contribution in [2.75, 3.05) is 5.73 Å². The molecule has 19 heavy (non-hydrogen) atoms. The van der Waals surface area contributed by atoms with Crippen molar-refractivity contribution in [3.05, 3.63) is 35.8 Å². The Balaban J connectivity index is 1.80. The molecule has 96 valence electrons. The van der Waals surface area contributed by atoms with Crippen LogP contribution in [0.1, 0.15) is 16.3 Å². The Morgan fingerprint density at radius 1 is 1.42 bits per heavy atom. The highest BCUT2D eigenvalue weighted by molar-refractivity contribution is 6.00. The molecule has 0 atom stereocenters. The van der Waals surface area contributed by atoms with E-state index < -0.39 is 0 Å². The second kappa shape index (κ2) is 4.41. The molecule has 0 aliphatic heterocycles. The quantitative estimate of drug-likeness (QED) is 0.498. The Morgan fingerprint density at radius 3 is 3.05 bits per heavy atom. The van der Waals surface area contributed by atoms with Crippen LogP contribution in [0.5, 0.6) is 0 Å². The number of tetrazole rings is 1. The number of hydrogen-bond acceptors (Lipinski definition) is 5. The summed E-state index contributed by atoms with van der Waals surface area (Å²) in [5.74, 6) is 0.171. The molecule has 1 aromatic carbocycles. The van der Waals surface area contributed by atoms with Crippen molar-refractivity contribution in [1.29, 1.82) is 0 Å². The van der Waals surface area contributed by atoms with Gasteiger partial charge in [-0.15, -0.1) is 10.2 Å². The third-order valence-corrected chi connectivity index (χ3v) is 2.73. The standard InChI is InChI=1S/C11H11N7O/c12-7-3-1-2-6-4-8(14-10(6)7)11(19)13-5-9-15-17-18-16-9/h1-4,14H,5,12H2,(H,13,19)(H,15,16,17,18).